The van der Waals surface area contributed by atoms with Crippen LogP contribution < -0.4 is 5.32 Å². The van der Waals surface area contributed by atoms with Gasteiger partial charge in [-0.2, -0.15) is 4.31 Å². The van der Waals surface area contributed by atoms with E-state index < -0.39 is 10.0 Å². The van der Waals surface area contributed by atoms with E-state index in [2.05, 4.69) is 5.32 Å². The fraction of sp³-hybridized carbons (Fsp3) is 0.500. The van der Waals surface area contributed by atoms with Gasteiger partial charge in [0.15, 0.2) is 0 Å². The predicted octanol–water partition coefficient (Wildman–Crippen LogP) is 2.59. The molecule has 21 heavy (non-hydrogen) atoms. The van der Waals surface area contributed by atoms with Crippen LogP contribution in [-0.4, -0.2) is 37.6 Å². The van der Waals surface area contributed by atoms with Crippen LogP contribution in [-0.2, 0) is 14.8 Å². The number of hydrogen-bond donors (Lipinski definition) is 1. The monoisotopic (exact) mass is 332 g/mol. The topological polar surface area (TPSA) is 66.5 Å². The molecule has 1 rings (SSSR count). The van der Waals surface area contributed by atoms with Crippen molar-refractivity contribution in [2.75, 3.05) is 24.3 Å². The summed E-state index contributed by atoms with van der Waals surface area (Å²) in [4.78, 5) is 11.8. The Morgan fingerprint density at radius 3 is 2.43 bits per heavy atom. The molecule has 0 aliphatic rings. The Hall–Kier alpha value is -1.11. The molecule has 0 aliphatic heterocycles. The highest BCUT2D eigenvalue weighted by atomic mass is 35.5. The van der Waals surface area contributed by atoms with Gasteiger partial charge in [-0.25, -0.2) is 8.42 Å². The number of nitrogens with zero attached hydrogens (tertiary/aromatic N) is 1. The van der Waals surface area contributed by atoms with Crippen molar-refractivity contribution < 1.29 is 13.2 Å². The molecule has 118 valence electrons. The number of hydrogen-bond acceptors (Lipinski definition) is 3. The standard InChI is InChI=1S/C14H21ClN2O3S/c1-4-17(5-2)21(19,20)12-7-6-11(3)13(10-12)16-14(18)8-9-15/h6-7,10H,4-5,8-9H2,1-3H3,(H,16,18). The van der Waals surface area contributed by atoms with E-state index >= 15 is 0 Å². The quantitative estimate of drug-likeness (QED) is 0.780. The molecule has 5 nitrogen and oxygen atoms in total. The van der Waals surface area contributed by atoms with E-state index in [4.69, 9.17) is 11.6 Å². The molecule has 0 atom stereocenters. The minimum atomic E-state index is -3.53. The van der Waals surface area contributed by atoms with Crippen molar-refractivity contribution in [3.8, 4) is 0 Å². The maximum Gasteiger partial charge on any atom is 0.243 e. The van der Waals surface area contributed by atoms with Gasteiger partial charge in [0.1, 0.15) is 0 Å². The van der Waals surface area contributed by atoms with E-state index in [9.17, 15) is 13.2 Å². The van der Waals surface area contributed by atoms with Gasteiger partial charge in [0.25, 0.3) is 0 Å². The Balaban J connectivity index is 3.14. The first-order valence-electron chi connectivity index (χ1n) is 6.83. The van der Waals surface area contributed by atoms with Crippen molar-refractivity contribution in [3.63, 3.8) is 0 Å². The van der Waals surface area contributed by atoms with Crippen LogP contribution in [0.4, 0.5) is 5.69 Å². The summed E-state index contributed by atoms with van der Waals surface area (Å²) in [7, 11) is -3.53. The second-order valence-electron chi connectivity index (χ2n) is 4.55. The third kappa shape index (κ3) is 4.43. The van der Waals surface area contributed by atoms with Crippen LogP contribution in [0.1, 0.15) is 25.8 Å². The van der Waals surface area contributed by atoms with E-state index in [1.807, 2.05) is 6.92 Å². The molecule has 0 bridgehead atoms. The highest BCUT2D eigenvalue weighted by molar-refractivity contribution is 7.89. The fourth-order valence-corrected chi connectivity index (χ4v) is 3.56. The number of halogens is 1. The molecule has 0 saturated heterocycles. The van der Waals surface area contributed by atoms with Crippen LogP contribution in [0.25, 0.3) is 0 Å². The first kappa shape index (κ1) is 17.9. The maximum atomic E-state index is 12.5. The lowest BCUT2D eigenvalue weighted by molar-refractivity contribution is -0.115. The molecule has 7 heteroatoms. The van der Waals surface area contributed by atoms with Gasteiger partial charge in [0.2, 0.25) is 15.9 Å². The Labute approximate surface area is 131 Å². The Morgan fingerprint density at radius 2 is 1.90 bits per heavy atom. The molecule has 1 aromatic rings. The molecular weight excluding hydrogens is 312 g/mol. The number of aryl methyl sites for hydroxylation is 1. The first-order valence-corrected chi connectivity index (χ1v) is 8.80. The Kier molecular flexibility index (Phi) is 6.64. The van der Waals surface area contributed by atoms with E-state index in [1.165, 1.54) is 10.4 Å². The minimum Gasteiger partial charge on any atom is -0.326 e. The van der Waals surface area contributed by atoms with E-state index in [0.29, 0.717) is 18.8 Å². The van der Waals surface area contributed by atoms with Gasteiger partial charge in [0, 0.05) is 31.1 Å². The zero-order valence-corrected chi connectivity index (χ0v) is 14.1. The van der Waals surface area contributed by atoms with Gasteiger partial charge in [-0.05, 0) is 24.6 Å². The number of nitrogens with one attached hydrogen (secondary N) is 1. The molecule has 1 aromatic carbocycles. The number of amides is 1. The van der Waals surface area contributed by atoms with Crippen LogP contribution >= 0.6 is 11.6 Å². The molecule has 0 aliphatic carbocycles. The highest BCUT2D eigenvalue weighted by Crippen LogP contribution is 2.23. The molecule has 0 heterocycles. The number of benzene rings is 1. The summed E-state index contributed by atoms with van der Waals surface area (Å²) in [5.74, 6) is -0.00651. The number of sulfonamides is 1. The van der Waals surface area contributed by atoms with Crippen LogP contribution in [0.5, 0.6) is 0 Å². The van der Waals surface area contributed by atoms with Gasteiger partial charge in [-0.3, -0.25) is 4.79 Å². The Morgan fingerprint density at radius 1 is 1.29 bits per heavy atom. The summed E-state index contributed by atoms with van der Waals surface area (Å²) in [5.41, 5.74) is 1.30. The molecule has 1 N–H and O–H groups in total. The van der Waals surface area contributed by atoms with Crippen molar-refractivity contribution in [2.24, 2.45) is 0 Å². The van der Waals surface area contributed by atoms with Gasteiger partial charge in [-0.15, -0.1) is 11.6 Å². The second kappa shape index (κ2) is 7.77. The molecule has 1 amide bonds. The van der Waals surface area contributed by atoms with Crippen LogP contribution in [0, 0.1) is 6.92 Å². The number of alkyl halides is 1. The van der Waals surface area contributed by atoms with Gasteiger partial charge >= 0.3 is 0 Å². The lowest BCUT2D eigenvalue weighted by atomic mass is 10.2. The molecule has 0 unspecified atom stereocenters. The van der Waals surface area contributed by atoms with Crippen molar-refractivity contribution in [1.29, 1.82) is 0 Å². The summed E-state index contributed by atoms with van der Waals surface area (Å²) in [6.45, 7) is 6.20. The average Bonchev–Trinajstić information content (AvgIpc) is 2.42. The third-order valence-corrected chi connectivity index (χ3v) is 5.38. The summed E-state index contributed by atoms with van der Waals surface area (Å²) in [5, 5.41) is 2.69. The largest absolute Gasteiger partial charge is 0.326 e. The molecular formula is C14H21ClN2O3S. The number of carbonyl (C=O) groups is 1. The van der Waals surface area contributed by atoms with Crippen LogP contribution in [0.15, 0.2) is 23.1 Å². The summed E-state index contributed by atoms with van der Waals surface area (Å²) in [6.07, 6.45) is 0.189. The van der Waals surface area contributed by atoms with E-state index in [-0.39, 0.29) is 23.1 Å². The van der Waals surface area contributed by atoms with Gasteiger partial charge in [0.05, 0.1) is 4.90 Å². The zero-order valence-electron chi connectivity index (χ0n) is 12.5. The molecule has 0 radical (unpaired) electrons. The summed E-state index contributed by atoms with van der Waals surface area (Å²) in [6, 6.07) is 4.74. The average molecular weight is 333 g/mol. The lowest BCUT2D eigenvalue weighted by Gasteiger charge is -2.19. The molecule has 0 aromatic heterocycles. The van der Waals surface area contributed by atoms with Crippen molar-refractivity contribution in [3.05, 3.63) is 23.8 Å². The number of anilines is 1. The molecule has 0 saturated carbocycles. The summed E-state index contributed by atoms with van der Waals surface area (Å²) < 4.78 is 26.3. The van der Waals surface area contributed by atoms with Crippen LogP contribution in [0.2, 0.25) is 0 Å². The smallest absolute Gasteiger partial charge is 0.243 e. The molecule has 0 spiro atoms. The van der Waals surface area contributed by atoms with Crippen molar-refractivity contribution in [2.45, 2.75) is 32.1 Å². The van der Waals surface area contributed by atoms with E-state index in [1.54, 1.807) is 26.0 Å². The summed E-state index contributed by atoms with van der Waals surface area (Å²) >= 11 is 5.52. The van der Waals surface area contributed by atoms with E-state index in [0.717, 1.165) is 5.56 Å². The van der Waals surface area contributed by atoms with Crippen molar-refractivity contribution >= 4 is 33.2 Å². The SMILES string of the molecule is CCN(CC)S(=O)(=O)c1ccc(C)c(NC(=O)CCCl)c1. The van der Waals surface area contributed by atoms with Gasteiger partial charge < -0.3 is 5.32 Å². The third-order valence-electron chi connectivity index (χ3n) is 3.15. The second-order valence-corrected chi connectivity index (χ2v) is 6.87. The minimum absolute atomic E-state index is 0.179. The number of carbonyl (C=O) groups excluding carboxylic acids is 1. The van der Waals surface area contributed by atoms with Crippen molar-refractivity contribution in [1.82, 2.24) is 4.31 Å². The van der Waals surface area contributed by atoms with Crippen LogP contribution in [0.3, 0.4) is 0 Å². The zero-order chi connectivity index (χ0) is 16.0. The highest BCUT2D eigenvalue weighted by Gasteiger charge is 2.22. The lowest BCUT2D eigenvalue weighted by Crippen LogP contribution is -2.30. The normalized spacial score (nSPS) is 11.7. The molecule has 0 fully saturated rings. The maximum absolute atomic E-state index is 12.5. The fourth-order valence-electron chi connectivity index (χ4n) is 1.91. The van der Waals surface area contributed by atoms with Gasteiger partial charge in [-0.1, -0.05) is 19.9 Å². The first-order chi connectivity index (χ1) is 9.86. The Bertz CT molecular complexity index is 598. The number of rotatable bonds is 7. The predicted molar refractivity (Wildman–Crippen MR) is 85.3 cm³/mol.